The summed E-state index contributed by atoms with van der Waals surface area (Å²) in [6.45, 7) is 0. The molecule has 0 aliphatic carbocycles. The molecule has 72 valence electrons. The van der Waals surface area contributed by atoms with Crippen LogP contribution >= 0.6 is 0 Å². The van der Waals surface area contributed by atoms with Gasteiger partial charge < -0.3 is 4.57 Å². The Morgan fingerprint density at radius 3 is 3.00 bits per heavy atom. The minimum absolute atomic E-state index is 0.606. The van der Waals surface area contributed by atoms with Crippen LogP contribution in [0.1, 0.15) is 0 Å². The zero-order valence-electron chi connectivity index (χ0n) is 7.82. The van der Waals surface area contributed by atoms with E-state index in [1.807, 2.05) is 42.1 Å². The molecule has 4 nitrogen and oxygen atoms in total. The first-order valence-corrected chi connectivity index (χ1v) is 4.31. The second kappa shape index (κ2) is 3.41. The molecule has 0 bridgehead atoms. The molecule has 0 atom stereocenters. The molecule has 0 unspecified atom stereocenters. The van der Waals surface area contributed by atoms with Crippen LogP contribution in [-0.4, -0.2) is 11.0 Å². The first-order valence-electron chi connectivity index (χ1n) is 4.31. The summed E-state index contributed by atoms with van der Waals surface area (Å²) in [6.07, 6.45) is 2.61. The second-order valence-electron chi connectivity index (χ2n) is 3.09. The summed E-state index contributed by atoms with van der Waals surface area (Å²) in [5, 5.41) is 1.18. The van der Waals surface area contributed by atoms with Crippen LogP contribution in [0, 0.1) is 0 Å². The van der Waals surface area contributed by atoms with E-state index in [9.17, 15) is 4.79 Å². The van der Waals surface area contributed by atoms with E-state index in [0.717, 1.165) is 11.2 Å². The molecule has 0 radical (unpaired) electrons. The van der Waals surface area contributed by atoms with E-state index in [1.54, 1.807) is 0 Å². The number of hydrogen-bond acceptors (Lipinski definition) is 2. The average Bonchev–Trinajstić information content (AvgIpc) is 2.57. The fraction of sp³-hybridized carbons (Fsp3) is 0.100. The first kappa shape index (κ1) is 8.62. The van der Waals surface area contributed by atoms with Crippen LogP contribution in [0.25, 0.3) is 10.9 Å². The molecule has 0 saturated heterocycles. The number of fused-ring (bicyclic) bond motifs is 1. The van der Waals surface area contributed by atoms with Gasteiger partial charge in [0.25, 0.3) is 0 Å². The zero-order chi connectivity index (χ0) is 9.97. The van der Waals surface area contributed by atoms with Crippen molar-refractivity contribution in [2.24, 2.45) is 7.05 Å². The number of amides is 1. The Morgan fingerprint density at radius 2 is 2.21 bits per heavy atom. The Morgan fingerprint density at radius 1 is 1.36 bits per heavy atom. The topological polar surface area (TPSA) is 46.1 Å². The Kier molecular flexibility index (Phi) is 2.10. The van der Waals surface area contributed by atoms with E-state index in [0.29, 0.717) is 6.41 Å². The summed E-state index contributed by atoms with van der Waals surface area (Å²) >= 11 is 0. The van der Waals surface area contributed by atoms with Gasteiger partial charge in [0.05, 0.1) is 5.69 Å². The third-order valence-electron chi connectivity index (χ3n) is 2.16. The second-order valence-corrected chi connectivity index (χ2v) is 3.09. The van der Waals surface area contributed by atoms with Gasteiger partial charge in [-0.2, -0.15) is 0 Å². The summed E-state index contributed by atoms with van der Waals surface area (Å²) < 4.78 is 2.03. The fourth-order valence-electron chi connectivity index (χ4n) is 1.45. The number of aryl methyl sites for hydroxylation is 1. The molecule has 0 spiro atoms. The lowest BCUT2D eigenvalue weighted by atomic mass is 10.2. The van der Waals surface area contributed by atoms with Crippen molar-refractivity contribution in [1.82, 2.24) is 9.99 Å². The van der Waals surface area contributed by atoms with Crippen molar-refractivity contribution in [2.45, 2.75) is 0 Å². The van der Waals surface area contributed by atoms with Crippen LogP contribution in [0.15, 0.2) is 30.5 Å². The summed E-state index contributed by atoms with van der Waals surface area (Å²) in [5.41, 5.74) is 7.17. The molecule has 1 amide bonds. The lowest BCUT2D eigenvalue weighted by Crippen LogP contribution is -2.18. The average molecular weight is 189 g/mol. The third kappa shape index (κ3) is 1.42. The largest absolute Gasteiger partial charge is 0.350 e. The number of benzene rings is 1. The van der Waals surface area contributed by atoms with Gasteiger partial charge in [0, 0.05) is 18.8 Å². The van der Waals surface area contributed by atoms with Gasteiger partial charge in [-0.3, -0.25) is 15.6 Å². The molecule has 1 heterocycles. The summed E-state index contributed by atoms with van der Waals surface area (Å²) in [7, 11) is 1.99. The molecule has 0 fully saturated rings. The summed E-state index contributed by atoms with van der Waals surface area (Å²) in [5.74, 6) is 0. The number of aromatic nitrogens is 1. The molecule has 0 aliphatic heterocycles. The van der Waals surface area contributed by atoms with E-state index >= 15 is 0 Å². The van der Waals surface area contributed by atoms with Crippen molar-refractivity contribution in [3.8, 4) is 0 Å². The Balaban J connectivity index is 2.39. The van der Waals surface area contributed by atoms with Crippen molar-refractivity contribution in [2.75, 3.05) is 5.43 Å². The number of hydrogen-bond donors (Lipinski definition) is 2. The quantitative estimate of drug-likeness (QED) is 0.564. The van der Waals surface area contributed by atoms with Gasteiger partial charge in [0.2, 0.25) is 6.41 Å². The van der Waals surface area contributed by atoms with Gasteiger partial charge in [-0.25, -0.2) is 0 Å². The van der Waals surface area contributed by atoms with Gasteiger partial charge in [0.15, 0.2) is 0 Å². The van der Waals surface area contributed by atoms with E-state index in [2.05, 4.69) is 10.9 Å². The number of carbonyl (C=O) groups is 1. The van der Waals surface area contributed by atoms with Gasteiger partial charge in [0.1, 0.15) is 0 Å². The van der Waals surface area contributed by atoms with Gasteiger partial charge in [-0.1, -0.05) is 6.07 Å². The van der Waals surface area contributed by atoms with Crippen molar-refractivity contribution < 1.29 is 4.79 Å². The highest BCUT2D eigenvalue weighted by Crippen LogP contribution is 2.18. The molecule has 1 aromatic heterocycles. The van der Waals surface area contributed by atoms with Crippen molar-refractivity contribution in [1.29, 1.82) is 0 Å². The molecule has 0 saturated carbocycles. The lowest BCUT2D eigenvalue weighted by Gasteiger charge is -2.04. The fourth-order valence-corrected chi connectivity index (χ4v) is 1.45. The van der Waals surface area contributed by atoms with Crippen LogP contribution in [-0.2, 0) is 11.8 Å². The SMILES string of the molecule is Cn1ccc2ccc(NNC=O)cc21. The van der Waals surface area contributed by atoms with Crippen molar-refractivity contribution >= 4 is 23.0 Å². The molecule has 2 rings (SSSR count). The number of carbonyl (C=O) groups excluding carboxylic acids is 1. The summed E-state index contributed by atoms with van der Waals surface area (Å²) in [6, 6.07) is 7.95. The Bertz CT molecular complexity index is 461. The number of anilines is 1. The highest BCUT2D eigenvalue weighted by molar-refractivity contribution is 5.83. The van der Waals surface area contributed by atoms with Crippen LogP contribution in [0.2, 0.25) is 0 Å². The summed E-state index contributed by atoms with van der Waals surface area (Å²) in [4.78, 5) is 10.1. The maximum absolute atomic E-state index is 10.1. The molecule has 14 heavy (non-hydrogen) atoms. The first-order chi connectivity index (χ1) is 6.81. The number of hydrazine groups is 1. The monoisotopic (exact) mass is 189 g/mol. The van der Waals surface area contributed by atoms with E-state index in [4.69, 9.17) is 0 Å². The molecule has 2 aromatic rings. The van der Waals surface area contributed by atoms with E-state index in [1.165, 1.54) is 5.39 Å². The molecule has 0 aliphatic rings. The van der Waals surface area contributed by atoms with Crippen LogP contribution in [0.5, 0.6) is 0 Å². The predicted octanol–water partition coefficient (Wildman–Crippen LogP) is 1.25. The zero-order valence-corrected chi connectivity index (χ0v) is 7.82. The third-order valence-corrected chi connectivity index (χ3v) is 2.16. The van der Waals surface area contributed by atoms with Gasteiger partial charge >= 0.3 is 0 Å². The molecular formula is C10H11N3O. The van der Waals surface area contributed by atoms with Gasteiger partial charge in [-0.15, -0.1) is 0 Å². The highest BCUT2D eigenvalue weighted by Gasteiger charge is 1.98. The number of rotatable bonds is 3. The van der Waals surface area contributed by atoms with Crippen LogP contribution < -0.4 is 10.9 Å². The molecule has 4 heteroatoms. The van der Waals surface area contributed by atoms with E-state index < -0.39 is 0 Å². The van der Waals surface area contributed by atoms with Crippen molar-refractivity contribution in [3.05, 3.63) is 30.5 Å². The number of nitrogens with zero attached hydrogens (tertiary/aromatic N) is 1. The number of nitrogens with one attached hydrogen (secondary N) is 2. The van der Waals surface area contributed by atoms with Gasteiger partial charge in [-0.05, 0) is 23.6 Å². The van der Waals surface area contributed by atoms with Crippen molar-refractivity contribution in [3.63, 3.8) is 0 Å². The van der Waals surface area contributed by atoms with E-state index in [-0.39, 0.29) is 0 Å². The normalized spacial score (nSPS) is 10.1. The Hall–Kier alpha value is -1.97. The minimum atomic E-state index is 0.606. The molecule has 2 N–H and O–H groups in total. The lowest BCUT2D eigenvalue weighted by molar-refractivity contribution is -0.109. The predicted molar refractivity (Wildman–Crippen MR) is 55.7 cm³/mol. The Labute approximate surface area is 81.5 Å². The van der Waals surface area contributed by atoms with Crippen LogP contribution in [0.4, 0.5) is 5.69 Å². The van der Waals surface area contributed by atoms with Crippen LogP contribution in [0.3, 0.4) is 0 Å². The smallest absolute Gasteiger partial charge is 0.225 e. The maximum atomic E-state index is 10.1. The highest BCUT2D eigenvalue weighted by atomic mass is 16.1. The molecular weight excluding hydrogens is 178 g/mol. The molecule has 1 aromatic carbocycles. The maximum Gasteiger partial charge on any atom is 0.225 e. The minimum Gasteiger partial charge on any atom is -0.350 e. The standard InChI is InChI=1S/C10H11N3O/c1-13-5-4-8-2-3-9(6-10(8)13)12-11-7-14/h2-7,12H,1H3,(H,11,14).